The zero-order valence-electron chi connectivity index (χ0n) is 14.8. The molecule has 6 heteroatoms. The molecule has 0 atom stereocenters. The third-order valence-electron chi connectivity index (χ3n) is 4.13. The minimum Gasteiger partial charge on any atom is -0.355 e. The summed E-state index contributed by atoms with van der Waals surface area (Å²) in [6, 6.07) is 20.8. The second-order valence-electron chi connectivity index (χ2n) is 5.94. The Kier molecular flexibility index (Phi) is 5.78. The van der Waals surface area contributed by atoms with E-state index in [9.17, 15) is 9.59 Å². The van der Waals surface area contributed by atoms with Crippen molar-refractivity contribution in [3.05, 3.63) is 77.9 Å². The number of para-hydroxylation sites is 1. The van der Waals surface area contributed by atoms with Crippen molar-refractivity contribution in [3.8, 4) is 0 Å². The molecule has 0 aromatic heterocycles. The standard InChI is InChI=1S/C21H19N3O2S/c1-22-20(26)17-11-4-5-12-18(17)23-21(27)24-19(25)13-15-9-6-8-14-7-2-3-10-16(14)15/h2-12H,13H2,1H3,(H,22,26)(H2,23,24,25,27). The van der Waals surface area contributed by atoms with Gasteiger partial charge in [-0.05, 0) is 40.7 Å². The molecule has 0 aliphatic rings. The van der Waals surface area contributed by atoms with E-state index in [2.05, 4.69) is 16.0 Å². The molecule has 27 heavy (non-hydrogen) atoms. The van der Waals surface area contributed by atoms with Crippen molar-refractivity contribution in [2.75, 3.05) is 12.4 Å². The molecule has 0 aliphatic heterocycles. The Hall–Kier alpha value is -3.25. The van der Waals surface area contributed by atoms with E-state index >= 15 is 0 Å². The molecular formula is C21H19N3O2S. The van der Waals surface area contributed by atoms with E-state index in [4.69, 9.17) is 12.2 Å². The first kappa shape index (κ1) is 18.5. The number of nitrogens with one attached hydrogen (secondary N) is 3. The predicted octanol–water partition coefficient (Wildman–Crippen LogP) is 3.26. The maximum absolute atomic E-state index is 12.4. The Morgan fingerprint density at radius 1 is 0.926 bits per heavy atom. The second-order valence-corrected chi connectivity index (χ2v) is 6.35. The van der Waals surface area contributed by atoms with Gasteiger partial charge in [0.2, 0.25) is 5.91 Å². The normalized spacial score (nSPS) is 10.3. The zero-order valence-corrected chi connectivity index (χ0v) is 15.6. The van der Waals surface area contributed by atoms with E-state index in [1.54, 1.807) is 31.3 Å². The third-order valence-corrected chi connectivity index (χ3v) is 4.33. The fourth-order valence-corrected chi connectivity index (χ4v) is 3.09. The minimum absolute atomic E-state index is 0.150. The molecule has 0 aliphatic carbocycles. The molecule has 3 rings (SSSR count). The molecule has 2 amide bonds. The maximum atomic E-state index is 12.4. The molecule has 0 radical (unpaired) electrons. The van der Waals surface area contributed by atoms with E-state index in [1.165, 1.54) is 0 Å². The lowest BCUT2D eigenvalue weighted by Gasteiger charge is -2.13. The lowest BCUT2D eigenvalue weighted by atomic mass is 10.0. The molecule has 0 unspecified atom stereocenters. The number of hydrogen-bond acceptors (Lipinski definition) is 3. The summed E-state index contributed by atoms with van der Waals surface area (Å²) in [5.74, 6) is -0.454. The first-order valence-electron chi connectivity index (χ1n) is 8.47. The van der Waals surface area contributed by atoms with Crippen LogP contribution in [0, 0.1) is 0 Å². The van der Waals surface area contributed by atoms with Gasteiger partial charge < -0.3 is 16.0 Å². The Morgan fingerprint density at radius 2 is 1.63 bits per heavy atom. The van der Waals surface area contributed by atoms with Gasteiger partial charge in [0.05, 0.1) is 17.7 Å². The van der Waals surface area contributed by atoms with Crippen LogP contribution in [0.25, 0.3) is 10.8 Å². The van der Waals surface area contributed by atoms with Crippen molar-refractivity contribution >= 4 is 45.6 Å². The van der Waals surface area contributed by atoms with Crippen molar-refractivity contribution in [2.45, 2.75) is 6.42 Å². The molecule has 136 valence electrons. The van der Waals surface area contributed by atoms with Crippen LogP contribution in [0.3, 0.4) is 0 Å². The quantitative estimate of drug-likeness (QED) is 0.611. The number of anilines is 1. The Balaban J connectivity index is 1.68. The summed E-state index contributed by atoms with van der Waals surface area (Å²) in [7, 11) is 1.56. The van der Waals surface area contributed by atoms with Gasteiger partial charge in [-0.25, -0.2) is 0 Å². The number of fused-ring (bicyclic) bond motifs is 1. The van der Waals surface area contributed by atoms with Crippen LogP contribution in [0.2, 0.25) is 0 Å². The van der Waals surface area contributed by atoms with Crippen molar-refractivity contribution in [2.24, 2.45) is 0 Å². The Bertz CT molecular complexity index is 1010. The lowest BCUT2D eigenvalue weighted by molar-refractivity contribution is -0.119. The highest BCUT2D eigenvalue weighted by molar-refractivity contribution is 7.80. The molecular weight excluding hydrogens is 358 g/mol. The maximum Gasteiger partial charge on any atom is 0.253 e. The number of amides is 2. The number of rotatable bonds is 4. The second kappa shape index (κ2) is 8.42. The molecule has 0 heterocycles. The highest BCUT2D eigenvalue weighted by Crippen LogP contribution is 2.19. The van der Waals surface area contributed by atoms with E-state index in [0.717, 1.165) is 16.3 Å². The van der Waals surface area contributed by atoms with Crippen molar-refractivity contribution in [1.82, 2.24) is 10.6 Å². The van der Waals surface area contributed by atoms with Gasteiger partial charge in [0.25, 0.3) is 5.91 Å². The van der Waals surface area contributed by atoms with Gasteiger partial charge in [-0.3, -0.25) is 9.59 Å². The van der Waals surface area contributed by atoms with Crippen LogP contribution in [0.15, 0.2) is 66.7 Å². The third kappa shape index (κ3) is 4.48. The first-order valence-corrected chi connectivity index (χ1v) is 8.88. The summed E-state index contributed by atoms with van der Waals surface area (Å²) < 4.78 is 0. The highest BCUT2D eigenvalue weighted by Gasteiger charge is 2.12. The molecule has 0 bridgehead atoms. The summed E-state index contributed by atoms with van der Waals surface area (Å²) in [5.41, 5.74) is 1.91. The molecule has 3 N–H and O–H groups in total. The molecule has 3 aromatic rings. The minimum atomic E-state index is -0.233. The predicted molar refractivity (Wildman–Crippen MR) is 112 cm³/mol. The molecule has 3 aromatic carbocycles. The zero-order chi connectivity index (χ0) is 19.2. The Labute approximate surface area is 162 Å². The van der Waals surface area contributed by atoms with Crippen molar-refractivity contribution in [3.63, 3.8) is 0 Å². The van der Waals surface area contributed by atoms with Gasteiger partial charge in [0.1, 0.15) is 0 Å². The highest BCUT2D eigenvalue weighted by atomic mass is 32.1. The van der Waals surface area contributed by atoms with Crippen LogP contribution in [0.4, 0.5) is 5.69 Å². The number of benzene rings is 3. The lowest BCUT2D eigenvalue weighted by Crippen LogP contribution is -2.35. The summed E-state index contributed by atoms with van der Waals surface area (Å²) in [6.45, 7) is 0. The SMILES string of the molecule is CNC(=O)c1ccccc1NC(=S)NC(=O)Cc1cccc2ccccc12. The molecule has 0 saturated heterocycles. The van der Waals surface area contributed by atoms with Gasteiger partial charge in [0.15, 0.2) is 5.11 Å². The van der Waals surface area contributed by atoms with Crippen LogP contribution in [0.5, 0.6) is 0 Å². The monoisotopic (exact) mass is 377 g/mol. The van der Waals surface area contributed by atoms with Crippen LogP contribution in [0.1, 0.15) is 15.9 Å². The first-order chi connectivity index (χ1) is 13.1. The van der Waals surface area contributed by atoms with Crippen molar-refractivity contribution < 1.29 is 9.59 Å². The van der Waals surface area contributed by atoms with E-state index in [1.807, 2.05) is 42.5 Å². The number of carbonyl (C=O) groups excluding carboxylic acids is 2. The van der Waals surface area contributed by atoms with Crippen LogP contribution < -0.4 is 16.0 Å². The number of hydrogen-bond donors (Lipinski definition) is 3. The fraction of sp³-hybridized carbons (Fsp3) is 0.0952. The van der Waals surface area contributed by atoms with E-state index in [-0.39, 0.29) is 23.3 Å². The summed E-state index contributed by atoms with van der Waals surface area (Å²) in [6.07, 6.45) is 0.209. The molecule has 0 spiro atoms. The number of thiocarbonyl (C=S) groups is 1. The van der Waals surface area contributed by atoms with Crippen LogP contribution in [-0.4, -0.2) is 24.0 Å². The van der Waals surface area contributed by atoms with Crippen molar-refractivity contribution in [1.29, 1.82) is 0 Å². The van der Waals surface area contributed by atoms with Crippen LogP contribution in [-0.2, 0) is 11.2 Å². The fourth-order valence-electron chi connectivity index (χ4n) is 2.87. The van der Waals surface area contributed by atoms with E-state index < -0.39 is 0 Å². The van der Waals surface area contributed by atoms with E-state index in [0.29, 0.717) is 11.3 Å². The summed E-state index contributed by atoms with van der Waals surface area (Å²) >= 11 is 5.23. The molecule has 5 nitrogen and oxygen atoms in total. The molecule has 0 fully saturated rings. The van der Waals surface area contributed by atoms with Gasteiger partial charge in [-0.2, -0.15) is 0 Å². The van der Waals surface area contributed by atoms with Gasteiger partial charge in [-0.1, -0.05) is 54.6 Å². The van der Waals surface area contributed by atoms with Gasteiger partial charge >= 0.3 is 0 Å². The topological polar surface area (TPSA) is 70.2 Å². The molecule has 0 saturated carbocycles. The largest absolute Gasteiger partial charge is 0.355 e. The number of carbonyl (C=O) groups is 2. The Morgan fingerprint density at radius 3 is 2.44 bits per heavy atom. The average molecular weight is 377 g/mol. The van der Waals surface area contributed by atoms with Crippen LogP contribution >= 0.6 is 12.2 Å². The smallest absolute Gasteiger partial charge is 0.253 e. The average Bonchev–Trinajstić information content (AvgIpc) is 2.68. The summed E-state index contributed by atoms with van der Waals surface area (Å²) in [4.78, 5) is 24.3. The van der Waals surface area contributed by atoms with Gasteiger partial charge in [-0.15, -0.1) is 0 Å². The van der Waals surface area contributed by atoms with Gasteiger partial charge in [0, 0.05) is 7.05 Å². The summed E-state index contributed by atoms with van der Waals surface area (Å²) in [5, 5.41) is 10.4.